The Kier molecular flexibility index (Phi) is 3.67. The number of hydrogen-bond acceptors (Lipinski definition) is 5. The summed E-state index contributed by atoms with van der Waals surface area (Å²) in [6, 6.07) is 0. The van der Waals surface area contributed by atoms with Crippen molar-refractivity contribution in [3.05, 3.63) is 0 Å². The molecule has 1 aliphatic carbocycles. The summed E-state index contributed by atoms with van der Waals surface area (Å²) in [5, 5.41) is 0. The molecule has 0 aromatic heterocycles. The van der Waals surface area contributed by atoms with Gasteiger partial charge in [-0.2, -0.15) is 0 Å². The minimum atomic E-state index is -1.19. The zero-order valence-electron chi connectivity index (χ0n) is 9.74. The number of hydrogen-bond donors (Lipinski definition) is 0. The zero-order valence-corrected chi connectivity index (χ0v) is 9.74. The van der Waals surface area contributed by atoms with E-state index in [9.17, 15) is 14.4 Å². The van der Waals surface area contributed by atoms with Gasteiger partial charge in [-0.15, -0.1) is 0 Å². The Balaban J connectivity index is 2.83. The van der Waals surface area contributed by atoms with Crippen LogP contribution < -0.4 is 0 Å². The summed E-state index contributed by atoms with van der Waals surface area (Å²) in [5.74, 6) is -2.33. The summed E-state index contributed by atoms with van der Waals surface area (Å²) >= 11 is 0. The van der Waals surface area contributed by atoms with E-state index in [2.05, 4.69) is 4.74 Å². The van der Waals surface area contributed by atoms with Crippen LogP contribution >= 0.6 is 0 Å². The van der Waals surface area contributed by atoms with E-state index in [0.717, 1.165) is 0 Å². The average Bonchev–Trinajstić information content (AvgIpc) is 2.57. The summed E-state index contributed by atoms with van der Waals surface area (Å²) < 4.78 is 9.37. The number of Topliss-reactive ketones (excluding diaryl/α,β-unsaturated/α-hetero) is 1. The van der Waals surface area contributed by atoms with E-state index in [1.165, 1.54) is 14.0 Å². The third-order valence-electron chi connectivity index (χ3n) is 3.00. The van der Waals surface area contributed by atoms with Crippen molar-refractivity contribution in [2.24, 2.45) is 11.3 Å². The number of carbonyl (C=O) groups is 3. The van der Waals surface area contributed by atoms with Crippen LogP contribution in [0, 0.1) is 11.3 Å². The van der Waals surface area contributed by atoms with Crippen molar-refractivity contribution in [1.29, 1.82) is 0 Å². The lowest BCUT2D eigenvalue weighted by atomic mass is 9.86. The standard InChI is InChI=1S/C11H16O5/c1-4-16-10(14)11(2)6-5-7(8(11)12)9(13)15-3/h7H,4-6H2,1-3H3/t7-,11-/m1/s1. The molecular formula is C11H16O5. The molecule has 5 nitrogen and oxygen atoms in total. The molecule has 0 aromatic carbocycles. The van der Waals surface area contributed by atoms with Crippen LogP contribution in [0.5, 0.6) is 0 Å². The summed E-state index contributed by atoms with van der Waals surface area (Å²) in [6.45, 7) is 3.43. The second-order valence-electron chi connectivity index (χ2n) is 4.03. The lowest BCUT2D eigenvalue weighted by Gasteiger charge is -2.19. The predicted octanol–water partition coefficient (Wildman–Crippen LogP) is 0.708. The predicted molar refractivity (Wildman–Crippen MR) is 54.5 cm³/mol. The van der Waals surface area contributed by atoms with E-state index in [1.54, 1.807) is 6.92 Å². The maximum atomic E-state index is 11.9. The summed E-state index contributed by atoms with van der Waals surface area (Å²) in [4.78, 5) is 34.9. The molecule has 1 aliphatic rings. The monoisotopic (exact) mass is 228 g/mol. The highest BCUT2D eigenvalue weighted by Gasteiger charge is 2.53. The van der Waals surface area contributed by atoms with Gasteiger partial charge in [-0.25, -0.2) is 0 Å². The first-order chi connectivity index (χ1) is 7.47. The average molecular weight is 228 g/mol. The quantitative estimate of drug-likeness (QED) is 0.525. The minimum Gasteiger partial charge on any atom is -0.468 e. The number of ketones is 1. The van der Waals surface area contributed by atoms with E-state index in [-0.39, 0.29) is 6.61 Å². The minimum absolute atomic E-state index is 0.227. The molecule has 0 bridgehead atoms. The molecule has 16 heavy (non-hydrogen) atoms. The lowest BCUT2D eigenvalue weighted by Crippen LogP contribution is -2.37. The zero-order chi connectivity index (χ0) is 12.3. The van der Waals surface area contributed by atoms with Crippen LogP contribution in [0.3, 0.4) is 0 Å². The Morgan fingerprint density at radius 3 is 2.62 bits per heavy atom. The topological polar surface area (TPSA) is 69.7 Å². The van der Waals surface area contributed by atoms with Crippen molar-refractivity contribution in [3.63, 3.8) is 0 Å². The van der Waals surface area contributed by atoms with E-state index in [1.807, 2.05) is 0 Å². The number of rotatable bonds is 3. The number of ether oxygens (including phenoxy) is 2. The second-order valence-corrected chi connectivity index (χ2v) is 4.03. The normalized spacial score (nSPS) is 28.9. The summed E-state index contributed by atoms with van der Waals surface area (Å²) in [7, 11) is 1.23. The van der Waals surface area contributed by atoms with Crippen LogP contribution in [0.2, 0.25) is 0 Å². The Hall–Kier alpha value is -1.39. The van der Waals surface area contributed by atoms with Crippen LogP contribution in [0.1, 0.15) is 26.7 Å². The van der Waals surface area contributed by atoms with E-state index in [0.29, 0.717) is 12.8 Å². The van der Waals surface area contributed by atoms with Crippen molar-refractivity contribution in [2.75, 3.05) is 13.7 Å². The number of esters is 2. The first kappa shape index (κ1) is 12.7. The smallest absolute Gasteiger partial charge is 0.319 e. The summed E-state index contributed by atoms with van der Waals surface area (Å²) in [6.07, 6.45) is 0.686. The fraction of sp³-hybridized carbons (Fsp3) is 0.727. The third-order valence-corrected chi connectivity index (χ3v) is 3.00. The molecule has 1 fully saturated rings. The molecule has 0 amide bonds. The first-order valence-electron chi connectivity index (χ1n) is 5.26. The second kappa shape index (κ2) is 4.63. The molecule has 2 atom stereocenters. The highest BCUT2D eigenvalue weighted by atomic mass is 16.5. The van der Waals surface area contributed by atoms with Crippen LogP contribution in [-0.2, 0) is 23.9 Å². The first-order valence-corrected chi connectivity index (χ1v) is 5.26. The van der Waals surface area contributed by atoms with Crippen molar-refractivity contribution < 1.29 is 23.9 Å². The Morgan fingerprint density at radius 2 is 2.12 bits per heavy atom. The van der Waals surface area contributed by atoms with Crippen molar-refractivity contribution in [2.45, 2.75) is 26.7 Å². The van der Waals surface area contributed by atoms with Gasteiger partial charge in [0.05, 0.1) is 13.7 Å². The molecule has 0 radical (unpaired) electrons. The molecule has 0 aromatic rings. The lowest BCUT2D eigenvalue weighted by molar-refractivity contribution is -0.159. The van der Waals surface area contributed by atoms with E-state index < -0.39 is 29.1 Å². The van der Waals surface area contributed by atoms with Gasteiger partial charge in [0, 0.05) is 0 Å². The highest BCUT2D eigenvalue weighted by Crippen LogP contribution is 2.39. The fourth-order valence-corrected chi connectivity index (χ4v) is 1.93. The van der Waals surface area contributed by atoms with Gasteiger partial charge in [0.15, 0.2) is 5.78 Å². The van der Waals surface area contributed by atoms with Gasteiger partial charge in [0.1, 0.15) is 11.3 Å². The molecule has 0 saturated heterocycles. The maximum absolute atomic E-state index is 11.9. The largest absolute Gasteiger partial charge is 0.468 e. The van der Waals surface area contributed by atoms with Crippen LogP contribution in [0.25, 0.3) is 0 Å². The third kappa shape index (κ3) is 1.94. The SMILES string of the molecule is CCOC(=O)[C@]1(C)CC[C@@H](C(=O)OC)C1=O. The van der Waals surface area contributed by atoms with Crippen molar-refractivity contribution in [1.82, 2.24) is 0 Å². The molecule has 0 N–H and O–H groups in total. The Morgan fingerprint density at radius 1 is 1.50 bits per heavy atom. The molecule has 90 valence electrons. The summed E-state index contributed by atoms with van der Waals surface area (Å²) in [5.41, 5.74) is -1.19. The molecule has 0 unspecified atom stereocenters. The van der Waals surface area contributed by atoms with Crippen LogP contribution in [0.4, 0.5) is 0 Å². The molecule has 0 aliphatic heterocycles. The maximum Gasteiger partial charge on any atom is 0.319 e. The molecular weight excluding hydrogens is 212 g/mol. The van der Waals surface area contributed by atoms with E-state index >= 15 is 0 Å². The van der Waals surface area contributed by atoms with Crippen LogP contribution in [-0.4, -0.2) is 31.4 Å². The molecule has 0 spiro atoms. The molecule has 5 heteroatoms. The Bertz CT molecular complexity index is 322. The number of methoxy groups -OCH3 is 1. The van der Waals surface area contributed by atoms with Crippen molar-refractivity contribution >= 4 is 17.7 Å². The molecule has 0 heterocycles. The van der Waals surface area contributed by atoms with Gasteiger partial charge in [-0.1, -0.05) is 0 Å². The van der Waals surface area contributed by atoms with Gasteiger partial charge in [0.25, 0.3) is 0 Å². The highest BCUT2D eigenvalue weighted by molar-refractivity contribution is 6.13. The fourth-order valence-electron chi connectivity index (χ4n) is 1.93. The van der Waals surface area contributed by atoms with Gasteiger partial charge >= 0.3 is 11.9 Å². The number of carbonyl (C=O) groups excluding carboxylic acids is 3. The van der Waals surface area contributed by atoms with Gasteiger partial charge in [-0.3, -0.25) is 14.4 Å². The van der Waals surface area contributed by atoms with Gasteiger partial charge < -0.3 is 9.47 Å². The van der Waals surface area contributed by atoms with Gasteiger partial charge in [0.2, 0.25) is 0 Å². The molecule has 1 rings (SSSR count). The van der Waals surface area contributed by atoms with Gasteiger partial charge in [-0.05, 0) is 26.7 Å². The van der Waals surface area contributed by atoms with Crippen molar-refractivity contribution in [3.8, 4) is 0 Å². The Labute approximate surface area is 94.1 Å². The molecule has 1 saturated carbocycles. The van der Waals surface area contributed by atoms with Crippen LogP contribution in [0.15, 0.2) is 0 Å². The van der Waals surface area contributed by atoms with E-state index in [4.69, 9.17) is 4.74 Å².